The largest absolute Gasteiger partial charge is 0.497 e. The second kappa shape index (κ2) is 10.5. The van der Waals surface area contributed by atoms with Crippen LogP contribution in [0.25, 0.3) is 0 Å². The van der Waals surface area contributed by atoms with E-state index in [0.717, 1.165) is 5.56 Å². The number of nitrogens with zero attached hydrogens (tertiary/aromatic N) is 1. The third-order valence-corrected chi connectivity index (χ3v) is 6.18. The fraction of sp³-hybridized carbons (Fsp3) is 0.417. The van der Waals surface area contributed by atoms with Crippen molar-refractivity contribution in [1.82, 2.24) is 10.2 Å². The summed E-state index contributed by atoms with van der Waals surface area (Å²) in [6.07, 6.45) is 0. The maximum atomic E-state index is 13.3. The molecule has 1 saturated heterocycles. The summed E-state index contributed by atoms with van der Waals surface area (Å²) in [4.78, 5) is 28.0. The smallest absolute Gasteiger partial charge is 0.255 e. The van der Waals surface area contributed by atoms with Crippen molar-refractivity contribution in [3.63, 3.8) is 0 Å². The maximum Gasteiger partial charge on any atom is 0.255 e. The number of likely N-dealkylation sites (tertiary alicyclic amines) is 1. The predicted molar refractivity (Wildman–Crippen MR) is 126 cm³/mol. The lowest BCUT2D eigenvalue weighted by atomic mass is 9.87. The van der Waals surface area contributed by atoms with E-state index in [2.05, 4.69) is 5.32 Å². The first-order valence-corrected chi connectivity index (χ1v) is 11.2. The maximum absolute atomic E-state index is 13.3. The van der Waals surface area contributed by atoms with Gasteiger partial charge in [-0.1, -0.05) is 43.1 Å². The predicted octanol–water partition coefficient (Wildman–Crippen LogP) is 4.64. The molecule has 6 nitrogen and oxygen atoms in total. The Morgan fingerprint density at radius 2 is 1.84 bits per heavy atom. The molecule has 0 bridgehead atoms. The first-order valence-electron chi connectivity index (χ1n) is 10.5. The lowest BCUT2D eigenvalue weighted by molar-refractivity contribution is -0.125. The van der Waals surface area contributed by atoms with Crippen LogP contribution in [0.4, 0.5) is 0 Å². The Bertz CT molecular complexity index is 996. The molecular formula is C24H28Cl2N2O4. The van der Waals surface area contributed by atoms with Gasteiger partial charge in [0.25, 0.3) is 5.91 Å². The molecule has 3 rings (SSSR count). The molecule has 1 fully saturated rings. The number of halogens is 2. The average molecular weight is 479 g/mol. The van der Waals surface area contributed by atoms with Gasteiger partial charge >= 0.3 is 0 Å². The molecule has 32 heavy (non-hydrogen) atoms. The van der Waals surface area contributed by atoms with E-state index in [1.165, 1.54) is 0 Å². The third-order valence-electron chi connectivity index (χ3n) is 5.63. The van der Waals surface area contributed by atoms with Gasteiger partial charge < -0.3 is 19.7 Å². The number of amides is 2. The van der Waals surface area contributed by atoms with Gasteiger partial charge in [-0.2, -0.15) is 0 Å². The number of carbonyl (C=O) groups is 2. The Hall–Kier alpha value is -2.44. The van der Waals surface area contributed by atoms with Crippen molar-refractivity contribution in [2.24, 2.45) is 11.8 Å². The van der Waals surface area contributed by atoms with Crippen LogP contribution >= 0.6 is 23.2 Å². The second-order valence-corrected chi connectivity index (χ2v) is 9.14. The Labute approximate surface area is 198 Å². The lowest BCUT2D eigenvalue weighted by Gasteiger charge is -2.21. The zero-order valence-electron chi connectivity index (χ0n) is 18.7. The topological polar surface area (TPSA) is 67.9 Å². The van der Waals surface area contributed by atoms with Crippen molar-refractivity contribution in [3.05, 3.63) is 57.6 Å². The summed E-state index contributed by atoms with van der Waals surface area (Å²) in [5.74, 6) is 0.617. The standard InChI is InChI=1S/C24H28Cl2N2O4/c1-14(2)11-27-23(29)20-13-28(24(30)18-7-5-15(25)9-21(18)26)12-19(20)17-8-6-16(31-3)10-22(17)32-4/h5-10,14,19-20H,11-13H2,1-4H3,(H,27,29)/t19-,20-/m1/s1. The van der Waals surface area contributed by atoms with E-state index < -0.39 is 5.92 Å². The first-order chi connectivity index (χ1) is 15.2. The van der Waals surface area contributed by atoms with E-state index >= 15 is 0 Å². The highest BCUT2D eigenvalue weighted by Crippen LogP contribution is 2.40. The SMILES string of the molecule is COc1ccc([C@H]2CN(C(=O)c3ccc(Cl)cc3Cl)C[C@H]2C(=O)NCC(C)C)c(OC)c1. The molecule has 1 aliphatic rings. The van der Waals surface area contributed by atoms with Gasteiger partial charge in [0, 0.05) is 42.2 Å². The molecule has 0 unspecified atom stereocenters. The van der Waals surface area contributed by atoms with Crippen LogP contribution in [0, 0.1) is 11.8 Å². The molecule has 0 aromatic heterocycles. The zero-order valence-corrected chi connectivity index (χ0v) is 20.2. The zero-order chi connectivity index (χ0) is 23.4. The number of carbonyl (C=O) groups excluding carboxylic acids is 2. The van der Waals surface area contributed by atoms with Crippen LogP contribution in [0.15, 0.2) is 36.4 Å². The van der Waals surface area contributed by atoms with E-state index in [9.17, 15) is 9.59 Å². The molecule has 1 aliphatic heterocycles. The van der Waals surface area contributed by atoms with Crippen LogP contribution in [0.1, 0.15) is 35.7 Å². The monoisotopic (exact) mass is 478 g/mol. The van der Waals surface area contributed by atoms with Gasteiger partial charge in [-0.05, 0) is 30.2 Å². The van der Waals surface area contributed by atoms with Crippen LogP contribution in [-0.4, -0.2) is 50.6 Å². The Kier molecular flexibility index (Phi) is 7.91. The molecule has 0 saturated carbocycles. The summed E-state index contributed by atoms with van der Waals surface area (Å²) >= 11 is 12.3. The summed E-state index contributed by atoms with van der Waals surface area (Å²) < 4.78 is 10.9. The van der Waals surface area contributed by atoms with Gasteiger partial charge in [-0.15, -0.1) is 0 Å². The third kappa shape index (κ3) is 5.30. The summed E-state index contributed by atoms with van der Waals surface area (Å²) in [6.45, 7) is 5.29. The van der Waals surface area contributed by atoms with Crippen molar-refractivity contribution in [1.29, 1.82) is 0 Å². The van der Waals surface area contributed by atoms with Crippen molar-refractivity contribution in [2.45, 2.75) is 19.8 Å². The van der Waals surface area contributed by atoms with Crippen molar-refractivity contribution < 1.29 is 19.1 Å². The number of methoxy groups -OCH3 is 2. The molecule has 2 amide bonds. The normalized spacial score (nSPS) is 18.0. The highest BCUT2D eigenvalue weighted by Gasteiger charge is 2.42. The molecule has 0 radical (unpaired) electrons. The number of nitrogens with one attached hydrogen (secondary N) is 1. The molecule has 172 valence electrons. The number of ether oxygens (including phenoxy) is 2. The average Bonchev–Trinajstić information content (AvgIpc) is 3.21. The van der Waals surface area contributed by atoms with Gasteiger partial charge in [-0.25, -0.2) is 0 Å². The molecule has 2 aromatic rings. The fourth-order valence-electron chi connectivity index (χ4n) is 3.94. The van der Waals surface area contributed by atoms with Crippen molar-refractivity contribution in [3.8, 4) is 11.5 Å². The molecule has 0 aliphatic carbocycles. The van der Waals surface area contributed by atoms with Crippen LogP contribution in [0.2, 0.25) is 10.0 Å². The highest BCUT2D eigenvalue weighted by molar-refractivity contribution is 6.36. The highest BCUT2D eigenvalue weighted by atomic mass is 35.5. The molecule has 1 heterocycles. The molecule has 2 aromatic carbocycles. The van der Waals surface area contributed by atoms with Crippen LogP contribution < -0.4 is 14.8 Å². The lowest BCUT2D eigenvalue weighted by Crippen LogP contribution is -2.37. The summed E-state index contributed by atoms with van der Waals surface area (Å²) in [5.41, 5.74) is 1.22. The number of rotatable bonds is 7. The Balaban J connectivity index is 1.94. The fourth-order valence-corrected chi connectivity index (χ4v) is 4.43. The van der Waals surface area contributed by atoms with Gasteiger partial charge in [0.05, 0.1) is 30.7 Å². The molecule has 0 spiro atoms. The first kappa shape index (κ1) is 24.2. The van der Waals surface area contributed by atoms with Gasteiger partial charge in [0.2, 0.25) is 5.91 Å². The summed E-state index contributed by atoms with van der Waals surface area (Å²) in [5, 5.41) is 3.76. The van der Waals surface area contributed by atoms with E-state index in [0.29, 0.717) is 41.1 Å². The Morgan fingerprint density at radius 3 is 2.47 bits per heavy atom. The van der Waals surface area contributed by atoms with Crippen molar-refractivity contribution in [2.75, 3.05) is 33.9 Å². The minimum Gasteiger partial charge on any atom is -0.497 e. The van der Waals surface area contributed by atoms with Gasteiger partial charge in [0.15, 0.2) is 0 Å². The van der Waals surface area contributed by atoms with Crippen LogP contribution in [0.3, 0.4) is 0 Å². The molecular weight excluding hydrogens is 451 g/mol. The quantitative estimate of drug-likeness (QED) is 0.629. The minimum absolute atomic E-state index is 0.0842. The van der Waals surface area contributed by atoms with E-state index in [1.807, 2.05) is 26.0 Å². The molecule has 2 atom stereocenters. The number of hydrogen-bond donors (Lipinski definition) is 1. The summed E-state index contributed by atoms with van der Waals surface area (Å²) in [7, 11) is 3.17. The van der Waals surface area contributed by atoms with Crippen molar-refractivity contribution >= 4 is 35.0 Å². The van der Waals surface area contributed by atoms with Crippen LogP contribution in [0.5, 0.6) is 11.5 Å². The van der Waals surface area contributed by atoms with E-state index in [1.54, 1.807) is 43.4 Å². The van der Waals surface area contributed by atoms with Gasteiger partial charge in [0.1, 0.15) is 11.5 Å². The Morgan fingerprint density at radius 1 is 1.09 bits per heavy atom. The molecule has 8 heteroatoms. The van der Waals surface area contributed by atoms with Gasteiger partial charge in [-0.3, -0.25) is 9.59 Å². The summed E-state index contributed by atoms with van der Waals surface area (Å²) in [6, 6.07) is 10.3. The second-order valence-electron chi connectivity index (χ2n) is 8.29. The van der Waals surface area contributed by atoms with E-state index in [-0.39, 0.29) is 29.3 Å². The van der Waals surface area contributed by atoms with Crippen LogP contribution in [-0.2, 0) is 4.79 Å². The molecule has 1 N–H and O–H groups in total. The minimum atomic E-state index is -0.425. The van der Waals surface area contributed by atoms with E-state index in [4.69, 9.17) is 32.7 Å². The number of hydrogen-bond acceptors (Lipinski definition) is 4. The number of benzene rings is 2.